The van der Waals surface area contributed by atoms with E-state index in [1.165, 1.54) is 12.1 Å². The van der Waals surface area contributed by atoms with E-state index in [4.69, 9.17) is 21.4 Å². The number of carbonyl (C=O) groups excluding carboxylic acids is 1. The second-order valence-electron chi connectivity index (χ2n) is 8.61. The molecular weight excluding hydrogens is 571 g/mol. The Morgan fingerprint density at radius 3 is 2.76 bits per heavy atom. The van der Waals surface area contributed by atoms with Gasteiger partial charge in [-0.1, -0.05) is 13.0 Å². The van der Waals surface area contributed by atoms with Crippen molar-refractivity contribution in [1.29, 1.82) is 0 Å². The summed E-state index contributed by atoms with van der Waals surface area (Å²) in [5.41, 5.74) is 2.84. The second-order valence-corrected chi connectivity index (χ2v) is 9.85. The molecule has 4 aromatic rings. The molecule has 0 unspecified atom stereocenters. The van der Waals surface area contributed by atoms with Crippen LogP contribution in [0.15, 0.2) is 81.8 Å². The van der Waals surface area contributed by atoms with Crippen LogP contribution in [-0.4, -0.2) is 23.1 Å². The number of hydrogen-bond acceptors (Lipinski definition) is 5. The molecule has 38 heavy (non-hydrogen) atoms. The highest BCUT2D eigenvalue weighted by Gasteiger charge is 2.43. The van der Waals surface area contributed by atoms with Crippen molar-refractivity contribution in [1.82, 2.24) is 10.3 Å². The first-order valence-electron chi connectivity index (χ1n) is 11.9. The van der Waals surface area contributed by atoms with E-state index in [-0.39, 0.29) is 17.8 Å². The van der Waals surface area contributed by atoms with Crippen molar-refractivity contribution >= 4 is 50.5 Å². The molecule has 0 aliphatic carbocycles. The molecule has 194 valence electrons. The Morgan fingerprint density at radius 2 is 2.05 bits per heavy atom. The van der Waals surface area contributed by atoms with Gasteiger partial charge in [0.2, 0.25) is 5.91 Å². The van der Waals surface area contributed by atoms with Crippen LogP contribution >= 0.6 is 28.1 Å². The molecule has 2 aromatic heterocycles. The predicted octanol–water partition coefficient (Wildman–Crippen LogP) is 6.78. The zero-order valence-electron chi connectivity index (χ0n) is 20.6. The average molecular weight is 595 g/mol. The first-order chi connectivity index (χ1) is 18.4. The van der Waals surface area contributed by atoms with Gasteiger partial charge >= 0.3 is 0 Å². The van der Waals surface area contributed by atoms with E-state index in [0.29, 0.717) is 39.0 Å². The molecule has 0 bridgehead atoms. The predicted molar refractivity (Wildman–Crippen MR) is 152 cm³/mol. The van der Waals surface area contributed by atoms with E-state index < -0.39 is 6.04 Å². The molecule has 0 spiro atoms. The van der Waals surface area contributed by atoms with Gasteiger partial charge in [0.1, 0.15) is 29.1 Å². The number of furan rings is 1. The summed E-state index contributed by atoms with van der Waals surface area (Å²) in [6, 6.07) is 18.7. The summed E-state index contributed by atoms with van der Waals surface area (Å²) in [7, 11) is 1.55. The van der Waals surface area contributed by atoms with E-state index in [1.54, 1.807) is 32.4 Å². The minimum atomic E-state index is -0.397. The van der Waals surface area contributed by atoms with Gasteiger partial charge in [0.25, 0.3) is 0 Å². The minimum absolute atomic E-state index is 0.113. The SMILES string of the molecule is CCC(=O)Nc1ccc(N2C(=S)N[C@H](c3ccccn3)[C@@H]2c2ccc(-c3ccc(F)cc3Br)o2)cc1OC. The van der Waals surface area contributed by atoms with Gasteiger partial charge < -0.3 is 24.7 Å². The average Bonchev–Trinajstić information content (AvgIpc) is 3.54. The maximum Gasteiger partial charge on any atom is 0.224 e. The van der Waals surface area contributed by atoms with Crippen LogP contribution in [0.25, 0.3) is 11.3 Å². The van der Waals surface area contributed by atoms with Crippen LogP contribution in [0.3, 0.4) is 0 Å². The molecular formula is C28H24BrFN4O3S. The van der Waals surface area contributed by atoms with Gasteiger partial charge in [-0.05, 0) is 82.7 Å². The summed E-state index contributed by atoms with van der Waals surface area (Å²) in [5, 5.41) is 6.74. The second kappa shape index (κ2) is 10.9. The van der Waals surface area contributed by atoms with Gasteiger partial charge in [0.15, 0.2) is 5.11 Å². The summed E-state index contributed by atoms with van der Waals surface area (Å²) < 4.78 is 26.2. The number of aromatic nitrogens is 1. The van der Waals surface area contributed by atoms with Gasteiger partial charge in [-0.3, -0.25) is 9.78 Å². The van der Waals surface area contributed by atoms with Crippen LogP contribution in [0.2, 0.25) is 0 Å². The zero-order valence-corrected chi connectivity index (χ0v) is 23.0. The van der Waals surface area contributed by atoms with Crippen molar-refractivity contribution in [2.24, 2.45) is 0 Å². The quantitative estimate of drug-likeness (QED) is 0.228. The number of hydrogen-bond donors (Lipinski definition) is 2. The number of benzene rings is 2. The number of anilines is 2. The number of carbonyl (C=O) groups is 1. The topological polar surface area (TPSA) is 79.6 Å². The lowest BCUT2D eigenvalue weighted by Gasteiger charge is -2.27. The molecule has 0 saturated carbocycles. The van der Waals surface area contributed by atoms with E-state index >= 15 is 0 Å². The lowest BCUT2D eigenvalue weighted by Crippen LogP contribution is -2.29. The summed E-state index contributed by atoms with van der Waals surface area (Å²) in [6.45, 7) is 1.79. The molecule has 2 N–H and O–H groups in total. The number of rotatable bonds is 7. The third-order valence-corrected chi connectivity index (χ3v) is 7.24. The fraction of sp³-hybridized carbons (Fsp3) is 0.179. The highest BCUT2D eigenvalue weighted by atomic mass is 79.9. The number of halogens is 2. The van der Waals surface area contributed by atoms with Crippen molar-refractivity contribution in [2.75, 3.05) is 17.3 Å². The van der Waals surface area contributed by atoms with Crippen LogP contribution in [0.1, 0.15) is 36.9 Å². The first kappa shape index (κ1) is 25.9. The molecule has 5 rings (SSSR count). The first-order valence-corrected chi connectivity index (χ1v) is 13.1. The molecule has 1 saturated heterocycles. The Bertz CT molecular complexity index is 1500. The number of nitrogens with one attached hydrogen (secondary N) is 2. The van der Waals surface area contributed by atoms with E-state index in [9.17, 15) is 9.18 Å². The van der Waals surface area contributed by atoms with Gasteiger partial charge in [0.05, 0.1) is 24.5 Å². The number of nitrogens with zero attached hydrogens (tertiary/aromatic N) is 2. The minimum Gasteiger partial charge on any atom is -0.494 e. The molecule has 7 nitrogen and oxygen atoms in total. The molecule has 2 atom stereocenters. The molecule has 1 fully saturated rings. The standard InChI is InChI=1S/C28H24BrFN4O3S/c1-3-25(35)32-20-10-8-17(15-24(20)36-2)34-27(26(33-28(34)38)21-6-4-5-13-31-21)23-12-11-22(37-23)18-9-7-16(30)14-19(18)29/h4-15,26-27H,3H2,1-2H3,(H,32,35)(H,33,38)/t26-,27+/m1/s1. The summed E-state index contributed by atoms with van der Waals surface area (Å²) in [4.78, 5) is 18.5. The lowest BCUT2D eigenvalue weighted by molar-refractivity contribution is -0.115. The molecule has 0 radical (unpaired) electrons. The summed E-state index contributed by atoms with van der Waals surface area (Å²) in [5.74, 6) is 1.27. The fourth-order valence-electron chi connectivity index (χ4n) is 4.44. The van der Waals surface area contributed by atoms with Crippen LogP contribution < -0.4 is 20.3 Å². The van der Waals surface area contributed by atoms with E-state index in [1.807, 2.05) is 47.4 Å². The van der Waals surface area contributed by atoms with E-state index in [0.717, 1.165) is 16.9 Å². The van der Waals surface area contributed by atoms with Crippen molar-refractivity contribution in [3.63, 3.8) is 0 Å². The van der Waals surface area contributed by atoms with Gasteiger partial charge in [-0.15, -0.1) is 0 Å². The number of pyridine rings is 1. The Morgan fingerprint density at radius 1 is 1.21 bits per heavy atom. The third-order valence-electron chi connectivity index (χ3n) is 6.27. The number of methoxy groups -OCH3 is 1. The van der Waals surface area contributed by atoms with Gasteiger partial charge in [0, 0.05) is 34.4 Å². The monoisotopic (exact) mass is 594 g/mol. The molecule has 1 aliphatic rings. The zero-order chi connectivity index (χ0) is 26.8. The van der Waals surface area contributed by atoms with Crippen molar-refractivity contribution in [2.45, 2.75) is 25.4 Å². The van der Waals surface area contributed by atoms with Crippen LogP contribution in [0.5, 0.6) is 5.75 Å². The highest BCUT2D eigenvalue weighted by Crippen LogP contribution is 2.44. The number of amides is 1. The maximum atomic E-state index is 13.7. The van der Waals surface area contributed by atoms with Crippen LogP contribution in [0.4, 0.5) is 15.8 Å². The van der Waals surface area contributed by atoms with Crippen molar-refractivity contribution in [3.8, 4) is 17.1 Å². The Kier molecular flexibility index (Phi) is 7.44. The van der Waals surface area contributed by atoms with Gasteiger partial charge in [-0.25, -0.2) is 4.39 Å². The van der Waals surface area contributed by atoms with Gasteiger partial charge in [-0.2, -0.15) is 0 Å². The number of thiocarbonyl (C=S) groups is 1. The Balaban J connectivity index is 1.58. The molecule has 2 aromatic carbocycles. The van der Waals surface area contributed by atoms with Crippen molar-refractivity contribution < 1.29 is 18.3 Å². The largest absolute Gasteiger partial charge is 0.494 e. The molecule has 1 aliphatic heterocycles. The maximum absolute atomic E-state index is 13.7. The highest BCUT2D eigenvalue weighted by molar-refractivity contribution is 9.10. The Labute approximate surface area is 233 Å². The number of ether oxygens (including phenoxy) is 1. The van der Waals surface area contributed by atoms with E-state index in [2.05, 4.69) is 31.5 Å². The molecule has 3 heterocycles. The normalized spacial score (nSPS) is 16.8. The van der Waals surface area contributed by atoms with Crippen LogP contribution in [-0.2, 0) is 4.79 Å². The smallest absolute Gasteiger partial charge is 0.224 e. The summed E-state index contributed by atoms with van der Waals surface area (Å²) in [6.07, 6.45) is 2.08. The van der Waals surface area contributed by atoms with Crippen molar-refractivity contribution in [3.05, 3.63) is 94.7 Å². The fourth-order valence-corrected chi connectivity index (χ4v) is 5.33. The Hall–Kier alpha value is -3.76. The molecule has 10 heteroatoms. The molecule has 1 amide bonds. The van der Waals surface area contributed by atoms with Crippen LogP contribution in [0, 0.1) is 5.82 Å². The third kappa shape index (κ3) is 5.01. The summed E-state index contributed by atoms with van der Waals surface area (Å²) >= 11 is 9.23. The lowest BCUT2D eigenvalue weighted by atomic mass is 10.0.